The minimum absolute atomic E-state index is 0.222. The molecule has 0 saturated carbocycles. The number of carbonyl (C=O) groups excluding carboxylic acids is 2. The van der Waals surface area contributed by atoms with E-state index in [1.807, 2.05) is 47.2 Å². The van der Waals surface area contributed by atoms with E-state index in [9.17, 15) is 9.59 Å². The quantitative estimate of drug-likeness (QED) is 0.327. The molecule has 0 unspecified atom stereocenters. The fourth-order valence-electron chi connectivity index (χ4n) is 4.04. The molecule has 30 heavy (non-hydrogen) atoms. The van der Waals surface area contributed by atoms with Crippen LogP contribution >= 0.6 is 11.3 Å². The number of thiophene rings is 1. The highest BCUT2D eigenvalue weighted by Crippen LogP contribution is 2.43. The highest BCUT2D eigenvalue weighted by Gasteiger charge is 2.48. The molecule has 0 fully saturated rings. The second-order valence-corrected chi connectivity index (χ2v) is 8.20. The molecule has 0 spiro atoms. The molecule has 1 amide bonds. The molecule has 0 saturated heterocycles. The smallest absolute Gasteiger partial charge is 0.321 e. The van der Waals surface area contributed by atoms with Crippen LogP contribution in [0.1, 0.15) is 29.8 Å². The van der Waals surface area contributed by atoms with Crippen molar-refractivity contribution in [1.82, 2.24) is 9.55 Å². The van der Waals surface area contributed by atoms with Crippen molar-refractivity contribution in [2.45, 2.75) is 26.3 Å². The molecule has 8 heteroatoms. The highest BCUT2D eigenvalue weighted by atomic mass is 32.1. The molecule has 7 nitrogen and oxygen atoms in total. The number of anilines is 1. The van der Waals surface area contributed by atoms with E-state index < -0.39 is 17.9 Å². The van der Waals surface area contributed by atoms with Crippen molar-refractivity contribution in [3.63, 3.8) is 0 Å². The summed E-state index contributed by atoms with van der Waals surface area (Å²) < 4.78 is 12.6. The Labute approximate surface area is 179 Å². The van der Waals surface area contributed by atoms with Crippen molar-refractivity contribution >= 4 is 40.2 Å². The minimum atomic E-state index is -0.963. The molecule has 1 aliphatic rings. The van der Waals surface area contributed by atoms with Crippen molar-refractivity contribution in [3.05, 3.63) is 46.2 Å². The first kappa shape index (κ1) is 20.6. The van der Waals surface area contributed by atoms with Crippen molar-refractivity contribution in [1.29, 1.82) is 0 Å². The Balaban J connectivity index is 1.94. The van der Waals surface area contributed by atoms with Gasteiger partial charge < -0.3 is 9.47 Å². The standard InChI is InChI=1S/C22H25N3O4S/c1-4-29-21(27)17-18(19-14(2)10-13-30-19)25-16-9-6-5-8-15(16)23-22(25)24(20(17)26)11-7-12-28-3/h5-6,8-10,13,17-18H,4,7,11-12H2,1-3H3/t17-,18+/m1/s1. The third kappa shape index (κ3) is 3.40. The Morgan fingerprint density at radius 1 is 1.27 bits per heavy atom. The molecule has 1 aromatic carbocycles. The number of amides is 1. The summed E-state index contributed by atoms with van der Waals surface area (Å²) in [5, 5.41) is 1.99. The van der Waals surface area contributed by atoms with Crippen LogP contribution in [0.25, 0.3) is 11.0 Å². The summed E-state index contributed by atoms with van der Waals surface area (Å²) in [6.07, 6.45) is 0.643. The van der Waals surface area contributed by atoms with Gasteiger partial charge in [0.2, 0.25) is 11.9 Å². The van der Waals surface area contributed by atoms with Crippen molar-refractivity contribution in [3.8, 4) is 0 Å². The predicted molar refractivity (Wildman–Crippen MR) is 116 cm³/mol. The largest absolute Gasteiger partial charge is 0.465 e. The maximum Gasteiger partial charge on any atom is 0.321 e. The molecule has 2 aromatic heterocycles. The number of methoxy groups -OCH3 is 1. The third-order valence-corrected chi connectivity index (χ3v) is 6.48. The van der Waals surface area contributed by atoms with E-state index in [0.717, 1.165) is 21.5 Å². The van der Waals surface area contributed by atoms with Gasteiger partial charge >= 0.3 is 5.97 Å². The molecule has 0 radical (unpaired) electrons. The number of imidazole rings is 1. The van der Waals surface area contributed by atoms with Crippen LogP contribution in [0.2, 0.25) is 0 Å². The number of aryl methyl sites for hydroxylation is 1. The van der Waals surface area contributed by atoms with Gasteiger partial charge in [-0.3, -0.25) is 19.1 Å². The van der Waals surface area contributed by atoms with Gasteiger partial charge in [0.25, 0.3) is 0 Å². The van der Waals surface area contributed by atoms with Crippen LogP contribution in [0.5, 0.6) is 0 Å². The number of carbonyl (C=O) groups is 2. The van der Waals surface area contributed by atoms with Gasteiger partial charge in [-0.2, -0.15) is 0 Å². The van der Waals surface area contributed by atoms with Gasteiger partial charge in [0.05, 0.1) is 23.7 Å². The van der Waals surface area contributed by atoms with E-state index in [4.69, 9.17) is 14.5 Å². The predicted octanol–water partition coefficient (Wildman–Crippen LogP) is 3.56. The minimum Gasteiger partial charge on any atom is -0.465 e. The summed E-state index contributed by atoms with van der Waals surface area (Å²) in [4.78, 5) is 34.0. The van der Waals surface area contributed by atoms with Crippen LogP contribution in [0.3, 0.4) is 0 Å². The number of para-hydroxylation sites is 2. The number of rotatable bonds is 7. The molecule has 0 aliphatic carbocycles. The maximum absolute atomic E-state index is 13.6. The molecular formula is C22H25N3O4S. The monoisotopic (exact) mass is 427 g/mol. The number of esters is 1. The Bertz CT molecular complexity index is 1070. The third-order valence-electron chi connectivity index (χ3n) is 5.39. The van der Waals surface area contributed by atoms with Crippen LogP contribution in [0.15, 0.2) is 35.7 Å². The van der Waals surface area contributed by atoms with Crippen LogP contribution in [-0.2, 0) is 19.1 Å². The van der Waals surface area contributed by atoms with Crippen LogP contribution in [0, 0.1) is 12.8 Å². The fourth-order valence-corrected chi connectivity index (χ4v) is 5.10. The van der Waals surface area contributed by atoms with E-state index in [2.05, 4.69) is 0 Å². The topological polar surface area (TPSA) is 73.7 Å². The number of aromatic nitrogens is 2. The summed E-state index contributed by atoms with van der Waals surface area (Å²) in [6.45, 7) is 4.91. The molecule has 2 atom stereocenters. The average Bonchev–Trinajstić information content (AvgIpc) is 3.33. The zero-order valence-corrected chi connectivity index (χ0v) is 18.1. The van der Waals surface area contributed by atoms with Gasteiger partial charge in [-0.25, -0.2) is 4.98 Å². The summed E-state index contributed by atoms with van der Waals surface area (Å²) in [6, 6.07) is 9.30. The number of fused-ring (bicyclic) bond motifs is 3. The number of nitrogens with zero attached hydrogens (tertiary/aromatic N) is 3. The lowest BCUT2D eigenvalue weighted by Crippen LogP contribution is -2.50. The molecule has 0 N–H and O–H groups in total. The molecular weight excluding hydrogens is 402 g/mol. The van der Waals surface area contributed by atoms with Crippen molar-refractivity contribution < 1.29 is 19.1 Å². The van der Waals surface area contributed by atoms with Gasteiger partial charge in [0.1, 0.15) is 0 Å². The van der Waals surface area contributed by atoms with E-state index in [0.29, 0.717) is 25.5 Å². The second kappa shape index (κ2) is 8.57. The van der Waals surface area contributed by atoms with Crippen LogP contribution in [-0.4, -0.2) is 48.3 Å². The Hall–Kier alpha value is -2.71. The summed E-state index contributed by atoms with van der Waals surface area (Å²) >= 11 is 1.55. The number of hydrogen-bond acceptors (Lipinski definition) is 6. The van der Waals surface area contributed by atoms with Gasteiger partial charge in [-0.15, -0.1) is 11.3 Å². The van der Waals surface area contributed by atoms with E-state index in [1.54, 1.807) is 30.3 Å². The average molecular weight is 428 g/mol. The molecule has 3 aromatic rings. The lowest BCUT2D eigenvalue weighted by Gasteiger charge is -2.37. The first-order valence-electron chi connectivity index (χ1n) is 10.1. The van der Waals surface area contributed by atoms with Gasteiger partial charge in [0.15, 0.2) is 5.92 Å². The number of hydrogen-bond donors (Lipinski definition) is 0. The number of ether oxygens (including phenoxy) is 2. The van der Waals surface area contributed by atoms with Gasteiger partial charge in [-0.05, 0) is 49.4 Å². The SMILES string of the molecule is CCOC(=O)[C@H]1C(=O)N(CCCOC)c2nc3ccccc3n2[C@@H]1c1sccc1C. The van der Waals surface area contributed by atoms with Crippen LogP contribution in [0.4, 0.5) is 5.95 Å². The summed E-state index contributed by atoms with van der Waals surface area (Å²) in [7, 11) is 1.63. The summed E-state index contributed by atoms with van der Waals surface area (Å²) in [5.41, 5.74) is 2.73. The van der Waals surface area contributed by atoms with E-state index in [-0.39, 0.29) is 12.5 Å². The molecule has 1 aliphatic heterocycles. The Morgan fingerprint density at radius 2 is 2.07 bits per heavy atom. The lowest BCUT2D eigenvalue weighted by atomic mass is 9.92. The first-order chi connectivity index (χ1) is 14.6. The van der Waals surface area contributed by atoms with Gasteiger partial charge in [-0.1, -0.05) is 12.1 Å². The second-order valence-electron chi connectivity index (χ2n) is 7.25. The first-order valence-corrected chi connectivity index (χ1v) is 10.9. The molecule has 158 valence electrons. The fraction of sp³-hybridized carbons (Fsp3) is 0.409. The summed E-state index contributed by atoms with van der Waals surface area (Å²) in [5.74, 6) is -1.17. The zero-order chi connectivity index (χ0) is 21.3. The Morgan fingerprint density at radius 3 is 2.77 bits per heavy atom. The number of benzene rings is 1. The normalized spacial score (nSPS) is 18.6. The Kier molecular flexibility index (Phi) is 5.87. The zero-order valence-electron chi connectivity index (χ0n) is 17.3. The lowest BCUT2D eigenvalue weighted by molar-refractivity contribution is -0.153. The maximum atomic E-state index is 13.6. The highest BCUT2D eigenvalue weighted by molar-refractivity contribution is 7.10. The molecule has 3 heterocycles. The van der Waals surface area contributed by atoms with Crippen LogP contribution < -0.4 is 4.90 Å². The van der Waals surface area contributed by atoms with E-state index in [1.165, 1.54) is 0 Å². The molecule has 0 bridgehead atoms. The van der Waals surface area contributed by atoms with E-state index >= 15 is 0 Å². The molecule has 4 rings (SSSR count). The van der Waals surface area contributed by atoms with Gasteiger partial charge in [0, 0.05) is 25.1 Å². The van der Waals surface area contributed by atoms with Crippen molar-refractivity contribution in [2.75, 3.05) is 31.8 Å². The van der Waals surface area contributed by atoms with Crippen molar-refractivity contribution in [2.24, 2.45) is 5.92 Å².